The van der Waals surface area contributed by atoms with Crippen LogP contribution in [-0.4, -0.2) is 36.0 Å². The third-order valence-corrected chi connectivity index (χ3v) is 3.75. The number of hydrogen-bond acceptors (Lipinski definition) is 5. The van der Waals surface area contributed by atoms with E-state index in [9.17, 15) is 5.11 Å². The summed E-state index contributed by atoms with van der Waals surface area (Å²) in [6, 6.07) is 5.84. The maximum absolute atomic E-state index is 9.49. The fourth-order valence-corrected chi connectivity index (χ4v) is 2.42. The number of aliphatic hydroxyl groups is 1. The molecule has 5 nitrogen and oxygen atoms in total. The van der Waals surface area contributed by atoms with Gasteiger partial charge in [0.1, 0.15) is 19.0 Å². The van der Waals surface area contributed by atoms with E-state index in [0.717, 1.165) is 28.1 Å². The number of pyridine rings is 1. The van der Waals surface area contributed by atoms with E-state index in [1.807, 2.05) is 18.2 Å². The Labute approximate surface area is 123 Å². The van der Waals surface area contributed by atoms with E-state index in [0.29, 0.717) is 19.1 Å². The first-order chi connectivity index (χ1) is 10.2. The molecule has 21 heavy (non-hydrogen) atoms. The third kappa shape index (κ3) is 2.74. The van der Waals surface area contributed by atoms with Gasteiger partial charge in [-0.1, -0.05) is 13.8 Å². The molecule has 0 aliphatic carbocycles. The largest absolute Gasteiger partial charge is 0.486 e. The minimum Gasteiger partial charge on any atom is -0.486 e. The molecule has 0 saturated heterocycles. The predicted octanol–water partition coefficient (Wildman–Crippen LogP) is 2.43. The van der Waals surface area contributed by atoms with Crippen LogP contribution in [0, 0.1) is 5.92 Å². The maximum Gasteiger partial charge on any atom is 0.162 e. The Morgan fingerprint density at radius 2 is 1.95 bits per heavy atom. The average Bonchev–Trinajstić information content (AvgIpc) is 2.50. The Bertz CT molecular complexity index is 643. The molecule has 0 spiro atoms. The highest BCUT2D eigenvalue weighted by Crippen LogP contribution is 2.36. The standard InChI is InChI=1S/C16H20N2O3/c1-10(2)13(9-19)18-16-12-8-15-14(20-5-6-21-15)7-11(12)3-4-17-16/h3-4,7-8,10,13,19H,5-6,9H2,1-2H3,(H,17,18). The highest BCUT2D eigenvalue weighted by Gasteiger charge is 2.17. The van der Waals surface area contributed by atoms with Crippen LogP contribution in [0.15, 0.2) is 24.4 Å². The third-order valence-electron chi connectivity index (χ3n) is 3.75. The van der Waals surface area contributed by atoms with Crippen molar-refractivity contribution in [2.75, 3.05) is 25.1 Å². The van der Waals surface area contributed by atoms with E-state index in [1.54, 1.807) is 6.20 Å². The molecule has 2 N–H and O–H groups in total. The summed E-state index contributed by atoms with van der Waals surface area (Å²) in [5.41, 5.74) is 0. The van der Waals surface area contributed by atoms with Crippen molar-refractivity contribution in [1.29, 1.82) is 0 Å². The number of anilines is 1. The molecule has 5 heteroatoms. The van der Waals surface area contributed by atoms with Gasteiger partial charge in [-0.05, 0) is 29.5 Å². The molecule has 112 valence electrons. The molecule has 0 amide bonds. The number of ether oxygens (including phenoxy) is 2. The first-order valence-corrected chi connectivity index (χ1v) is 7.25. The molecule has 1 aromatic carbocycles. The normalized spacial score (nSPS) is 15.2. The molecule has 1 aromatic heterocycles. The molecule has 0 radical (unpaired) electrons. The Balaban J connectivity index is 2.02. The van der Waals surface area contributed by atoms with Gasteiger partial charge in [-0.3, -0.25) is 0 Å². The average molecular weight is 288 g/mol. The van der Waals surface area contributed by atoms with Crippen molar-refractivity contribution >= 4 is 16.6 Å². The van der Waals surface area contributed by atoms with Gasteiger partial charge in [-0.25, -0.2) is 4.98 Å². The topological polar surface area (TPSA) is 63.6 Å². The van der Waals surface area contributed by atoms with Gasteiger partial charge in [-0.2, -0.15) is 0 Å². The molecule has 1 aliphatic rings. The number of nitrogens with zero attached hydrogens (tertiary/aromatic N) is 1. The SMILES string of the molecule is CC(C)C(CO)Nc1nccc2cc3c(cc12)OCCO3. The number of aromatic nitrogens is 1. The molecule has 0 saturated carbocycles. The van der Waals surface area contributed by atoms with Crippen LogP contribution in [-0.2, 0) is 0 Å². The summed E-state index contributed by atoms with van der Waals surface area (Å²) in [6.45, 7) is 5.34. The lowest BCUT2D eigenvalue weighted by Crippen LogP contribution is -2.29. The predicted molar refractivity (Wildman–Crippen MR) is 82.1 cm³/mol. The lowest BCUT2D eigenvalue weighted by molar-refractivity contribution is 0.172. The minimum atomic E-state index is -0.0312. The Hall–Kier alpha value is -2.01. The summed E-state index contributed by atoms with van der Waals surface area (Å²) >= 11 is 0. The molecule has 0 fully saturated rings. The summed E-state index contributed by atoms with van der Waals surface area (Å²) < 4.78 is 11.2. The zero-order valence-electron chi connectivity index (χ0n) is 12.3. The van der Waals surface area contributed by atoms with Crippen LogP contribution >= 0.6 is 0 Å². The molecular weight excluding hydrogens is 268 g/mol. The molecule has 1 atom stereocenters. The summed E-state index contributed by atoms with van der Waals surface area (Å²) in [5.74, 6) is 2.59. The molecule has 0 bridgehead atoms. The first-order valence-electron chi connectivity index (χ1n) is 7.25. The Morgan fingerprint density at radius 1 is 1.24 bits per heavy atom. The van der Waals surface area contributed by atoms with Crippen molar-refractivity contribution in [3.8, 4) is 11.5 Å². The van der Waals surface area contributed by atoms with Gasteiger partial charge in [0, 0.05) is 11.6 Å². The number of benzene rings is 1. The second-order valence-corrected chi connectivity index (χ2v) is 5.55. The lowest BCUT2D eigenvalue weighted by Gasteiger charge is -2.23. The van der Waals surface area contributed by atoms with Gasteiger partial charge in [-0.15, -0.1) is 0 Å². The number of nitrogens with one attached hydrogen (secondary N) is 1. The summed E-state index contributed by atoms with van der Waals surface area (Å²) in [4.78, 5) is 4.41. The van der Waals surface area contributed by atoms with Gasteiger partial charge >= 0.3 is 0 Å². The van der Waals surface area contributed by atoms with E-state index >= 15 is 0 Å². The number of rotatable bonds is 4. The fraction of sp³-hybridized carbons (Fsp3) is 0.438. The molecule has 2 heterocycles. The van der Waals surface area contributed by atoms with E-state index < -0.39 is 0 Å². The van der Waals surface area contributed by atoms with Crippen molar-refractivity contribution in [3.05, 3.63) is 24.4 Å². The van der Waals surface area contributed by atoms with Crippen LogP contribution in [0.3, 0.4) is 0 Å². The second kappa shape index (κ2) is 5.77. The van der Waals surface area contributed by atoms with Gasteiger partial charge in [0.25, 0.3) is 0 Å². The van der Waals surface area contributed by atoms with Crippen LogP contribution in [0.2, 0.25) is 0 Å². The van der Waals surface area contributed by atoms with E-state index in [1.165, 1.54) is 0 Å². The van der Waals surface area contributed by atoms with Crippen LogP contribution < -0.4 is 14.8 Å². The van der Waals surface area contributed by atoms with Crippen molar-refractivity contribution in [1.82, 2.24) is 4.98 Å². The van der Waals surface area contributed by atoms with Crippen LogP contribution in [0.1, 0.15) is 13.8 Å². The van der Waals surface area contributed by atoms with Crippen molar-refractivity contribution in [2.24, 2.45) is 5.92 Å². The minimum absolute atomic E-state index is 0.0312. The lowest BCUT2D eigenvalue weighted by atomic mass is 10.0. The van der Waals surface area contributed by atoms with E-state index in [4.69, 9.17) is 9.47 Å². The maximum atomic E-state index is 9.49. The van der Waals surface area contributed by atoms with Crippen LogP contribution in [0.5, 0.6) is 11.5 Å². The Kier molecular flexibility index (Phi) is 3.84. The number of fused-ring (bicyclic) bond motifs is 2. The molecule has 1 aliphatic heterocycles. The van der Waals surface area contributed by atoms with E-state index in [2.05, 4.69) is 24.1 Å². The zero-order valence-corrected chi connectivity index (χ0v) is 12.3. The van der Waals surface area contributed by atoms with Crippen molar-refractivity contribution in [2.45, 2.75) is 19.9 Å². The number of aliphatic hydroxyl groups excluding tert-OH is 1. The summed E-state index contributed by atoms with van der Waals surface area (Å²) in [6.07, 6.45) is 1.76. The van der Waals surface area contributed by atoms with Crippen LogP contribution in [0.25, 0.3) is 10.8 Å². The zero-order chi connectivity index (χ0) is 14.8. The van der Waals surface area contributed by atoms with Gasteiger partial charge in [0.05, 0.1) is 12.6 Å². The van der Waals surface area contributed by atoms with Gasteiger partial charge in [0.2, 0.25) is 0 Å². The second-order valence-electron chi connectivity index (χ2n) is 5.55. The van der Waals surface area contributed by atoms with Gasteiger partial charge < -0.3 is 19.9 Å². The molecular formula is C16H20N2O3. The highest BCUT2D eigenvalue weighted by atomic mass is 16.6. The number of hydrogen-bond donors (Lipinski definition) is 2. The summed E-state index contributed by atoms with van der Waals surface area (Å²) in [7, 11) is 0. The van der Waals surface area contributed by atoms with Crippen molar-refractivity contribution in [3.63, 3.8) is 0 Å². The molecule has 2 aromatic rings. The summed E-state index contributed by atoms with van der Waals surface area (Å²) in [5, 5.41) is 14.8. The molecule has 3 rings (SSSR count). The van der Waals surface area contributed by atoms with Crippen LogP contribution in [0.4, 0.5) is 5.82 Å². The van der Waals surface area contributed by atoms with Gasteiger partial charge in [0.15, 0.2) is 11.5 Å². The molecule has 1 unspecified atom stereocenters. The smallest absolute Gasteiger partial charge is 0.162 e. The quantitative estimate of drug-likeness (QED) is 0.904. The first kappa shape index (κ1) is 13.9. The van der Waals surface area contributed by atoms with E-state index in [-0.39, 0.29) is 12.6 Å². The van der Waals surface area contributed by atoms with Crippen molar-refractivity contribution < 1.29 is 14.6 Å². The Morgan fingerprint density at radius 3 is 2.62 bits per heavy atom. The fourth-order valence-electron chi connectivity index (χ4n) is 2.42. The monoisotopic (exact) mass is 288 g/mol. The highest BCUT2D eigenvalue weighted by molar-refractivity contribution is 5.94.